The highest BCUT2D eigenvalue weighted by atomic mass is 31.2. The van der Waals surface area contributed by atoms with Crippen molar-refractivity contribution in [2.24, 2.45) is 0 Å². The largest absolute Gasteiger partial charge is 0.497 e. The smallest absolute Gasteiger partial charge is 0.412 e. The Bertz CT molecular complexity index is 3660. The summed E-state index contributed by atoms with van der Waals surface area (Å²) in [6.45, 7) is 7.64. The third-order valence-electron chi connectivity index (χ3n) is 14.9. The molecule has 1 unspecified atom stereocenters. The van der Waals surface area contributed by atoms with Crippen molar-refractivity contribution >= 4 is 54.8 Å². The summed E-state index contributed by atoms with van der Waals surface area (Å²) in [5, 5.41) is 39.9. The second kappa shape index (κ2) is 30.1. The highest BCUT2D eigenvalue weighted by Crippen LogP contribution is 2.51. The zero-order chi connectivity index (χ0) is 63.9. The fourth-order valence-electron chi connectivity index (χ4n) is 10.5. The number of non-ortho nitro benzene ring substituents is 3. The van der Waals surface area contributed by atoms with Gasteiger partial charge in [-0.1, -0.05) is 91.0 Å². The van der Waals surface area contributed by atoms with Crippen LogP contribution in [0.5, 0.6) is 11.5 Å². The van der Waals surface area contributed by atoms with E-state index in [2.05, 4.69) is 30.3 Å². The van der Waals surface area contributed by atoms with Crippen molar-refractivity contribution in [1.82, 2.24) is 29.5 Å². The Morgan fingerprint density at radius 1 is 0.633 bits per heavy atom. The fourth-order valence-corrected chi connectivity index (χ4v) is 12.2. The van der Waals surface area contributed by atoms with Crippen LogP contribution in [-0.2, 0) is 52.9 Å². The average molecular weight is 1250 g/mol. The summed E-state index contributed by atoms with van der Waals surface area (Å²) in [7, 11) is 1.06. The number of nitrogens with zero attached hydrogens (tertiary/aromatic N) is 8. The number of nitro benzene ring substituents is 3. The van der Waals surface area contributed by atoms with Gasteiger partial charge in [-0.25, -0.2) is 29.2 Å². The number of alkyl carbamates (subject to hydrolysis) is 1. The highest BCUT2D eigenvalue weighted by Gasteiger charge is 2.52. The van der Waals surface area contributed by atoms with Crippen molar-refractivity contribution in [2.75, 3.05) is 46.0 Å². The van der Waals surface area contributed by atoms with Crippen LogP contribution in [0.25, 0.3) is 11.2 Å². The van der Waals surface area contributed by atoms with Gasteiger partial charge in [0.15, 0.2) is 23.2 Å². The molecule has 0 radical (unpaired) electrons. The minimum atomic E-state index is -2.10. The van der Waals surface area contributed by atoms with Gasteiger partial charge in [0, 0.05) is 61.3 Å². The Morgan fingerprint density at radius 3 is 1.59 bits per heavy atom. The van der Waals surface area contributed by atoms with Crippen LogP contribution in [0.2, 0.25) is 0 Å². The molecule has 0 bridgehead atoms. The van der Waals surface area contributed by atoms with Crippen LogP contribution in [0, 0.1) is 30.3 Å². The molecule has 1 aliphatic heterocycles. The maximum atomic E-state index is 14.6. The summed E-state index contributed by atoms with van der Waals surface area (Å²) in [6.07, 6.45) is -1.84. The topological polar surface area (TPSA) is 308 Å². The molecule has 1 aliphatic rings. The van der Waals surface area contributed by atoms with Crippen LogP contribution < -0.4 is 20.1 Å². The number of amides is 2. The van der Waals surface area contributed by atoms with E-state index >= 15 is 0 Å². The minimum Gasteiger partial charge on any atom is -0.497 e. The van der Waals surface area contributed by atoms with Gasteiger partial charge in [0.25, 0.3) is 25.6 Å². The van der Waals surface area contributed by atoms with Gasteiger partial charge < -0.3 is 42.8 Å². The number of rotatable bonds is 29. The Morgan fingerprint density at radius 2 is 1.11 bits per heavy atom. The number of methoxy groups -OCH3 is 2. The molecule has 2 N–H and O–H groups in total. The average Bonchev–Trinajstić information content (AvgIpc) is 1.18. The lowest BCUT2D eigenvalue weighted by Crippen LogP contribution is -2.49. The standard InChI is InChI=1S/C63H67N10O16P/c1-41(2)70(42(3)4)90(87-37-34-45-16-26-51(27-17-45)73(80)81)89-57-54(38-86-63(46-10-8-7-9-11-46,47-18-28-52(82-5)29-19-47)48-20-30-53(83-6)31-21-48)88-60(55(57)67-61(74)84-35-32-43-12-22-49(23-13-43)71(76)77)69-40-66-56-58(64-39-65-59(56)69)68-62(75)85-36-33-44-14-24-50(25-15-44)72(78)79/h7-31,39-42,54-55,57,60H,32-38H2,1-6H3,(H,67,74)(H,64,65,68,75)/t54-,55-,57-,60-,90?/m1/s1. The predicted molar refractivity (Wildman–Crippen MR) is 331 cm³/mol. The molecule has 3 heterocycles. The van der Waals surface area contributed by atoms with Gasteiger partial charge in [-0.05, 0) is 91.8 Å². The van der Waals surface area contributed by atoms with Crippen LogP contribution >= 0.6 is 8.53 Å². The molecule has 27 heteroatoms. The van der Waals surface area contributed by atoms with Crippen molar-refractivity contribution in [2.45, 2.75) is 89.1 Å². The summed E-state index contributed by atoms with van der Waals surface area (Å²) < 4.78 is 55.3. The molecule has 0 spiro atoms. The Balaban J connectivity index is 1.12. The zero-order valence-electron chi connectivity index (χ0n) is 50.1. The molecule has 0 saturated carbocycles. The summed E-state index contributed by atoms with van der Waals surface area (Å²) in [5.41, 5.74) is 2.96. The van der Waals surface area contributed by atoms with Crippen LogP contribution in [0.15, 0.2) is 164 Å². The number of ether oxygens (including phenoxy) is 6. The summed E-state index contributed by atoms with van der Waals surface area (Å²) in [4.78, 5) is 74.3. The van der Waals surface area contributed by atoms with E-state index in [1.54, 1.807) is 55.2 Å². The van der Waals surface area contributed by atoms with E-state index in [-0.39, 0.29) is 85.4 Å². The van der Waals surface area contributed by atoms with E-state index in [0.29, 0.717) is 40.2 Å². The number of hydrogen-bond acceptors (Lipinski definition) is 20. The Hall–Kier alpha value is -9.56. The van der Waals surface area contributed by atoms with E-state index in [0.717, 1.165) is 11.1 Å². The minimum absolute atomic E-state index is 0.0268. The predicted octanol–water partition coefficient (Wildman–Crippen LogP) is 11.6. The molecule has 1 saturated heterocycles. The number of anilines is 1. The number of hydrogen-bond donors (Lipinski definition) is 2. The number of carbonyl (C=O) groups excluding carboxylic acids is 2. The van der Waals surface area contributed by atoms with Crippen LogP contribution in [0.3, 0.4) is 0 Å². The molecule has 1 fully saturated rings. The third-order valence-corrected chi connectivity index (χ3v) is 17.0. The van der Waals surface area contributed by atoms with Gasteiger partial charge in [0.1, 0.15) is 41.7 Å². The van der Waals surface area contributed by atoms with Gasteiger partial charge in [-0.2, -0.15) is 0 Å². The number of fused-ring (bicyclic) bond motifs is 1. The number of imidazole rings is 1. The van der Waals surface area contributed by atoms with Crippen molar-refractivity contribution < 1.29 is 61.8 Å². The third kappa shape index (κ3) is 15.6. The number of nitro groups is 3. The Kier molecular flexibility index (Phi) is 21.7. The van der Waals surface area contributed by atoms with Crippen molar-refractivity contribution in [3.8, 4) is 11.5 Å². The van der Waals surface area contributed by atoms with E-state index in [1.165, 1.54) is 49.1 Å². The monoisotopic (exact) mass is 1250 g/mol. The molecule has 6 aromatic carbocycles. The van der Waals surface area contributed by atoms with E-state index in [4.69, 9.17) is 37.5 Å². The van der Waals surface area contributed by atoms with E-state index in [1.807, 2.05) is 107 Å². The van der Waals surface area contributed by atoms with Crippen molar-refractivity contribution in [3.05, 3.63) is 228 Å². The summed E-state index contributed by atoms with van der Waals surface area (Å²) in [5.74, 6) is 1.18. The van der Waals surface area contributed by atoms with Crippen molar-refractivity contribution in [1.29, 1.82) is 0 Å². The molecular weight excluding hydrogens is 1180 g/mol. The Labute approximate surface area is 518 Å². The van der Waals surface area contributed by atoms with Gasteiger partial charge >= 0.3 is 12.2 Å². The lowest BCUT2D eigenvalue weighted by molar-refractivity contribution is -0.385. The zero-order valence-corrected chi connectivity index (χ0v) is 51.0. The number of aromatic nitrogens is 4. The lowest BCUT2D eigenvalue weighted by atomic mass is 9.80. The number of benzene rings is 6. The van der Waals surface area contributed by atoms with Crippen LogP contribution in [-0.4, -0.2) is 122 Å². The van der Waals surface area contributed by atoms with Crippen LogP contribution in [0.4, 0.5) is 32.5 Å². The molecular formula is C63H67N10O16P. The second-order valence-corrected chi connectivity index (χ2v) is 22.6. The number of carbonyl (C=O) groups is 2. The quantitative estimate of drug-likeness (QED) is 0.0190. The maximum Gasteiger partial charge on any atom is 0.412 e. The van der Waals surface area contributed by atoms with E-state index in [9.17, 15) is 39.9 Å². The van der Waals surface area contributed by atoms with Crippen molar-refractivity contribution in [3.63, 3.8) is 0 Å². The summed E-state index contributed by atoms with van der Waals surface area (Å²) in [6, 6.07) is 41.1. The molecule has 470 valence electrons. The van der Waals surface area contributed by atoms with Gasteiger partial charge in [0.05, 0.1) is 61.7 Å². The molecule has 0 aliphatic carbocycles. The molecule has 2 aromatic heterocycles. The lowest BCUT2D eigenvalue weighted by Gasteiger charge is -2.39. The van der Waals surface area contributed by atoms with Gasteiger partial charge in [-0.3, -0.25) is 40.2 Å². The van der Waals surface area contributed by atoms with Gasteiger partial charge in [0.2, 0.25) is 0 Å². The fraction of sp³-hybridized carbons (Fsp3) is 0.317. The molecule has 9 rings (SSSR count). The van der Waals surface area contributed by atoms with Crippen LogP contribution in [0.1, 0.15) is 67.3 Å². The molecule has 5 atom stereocenters. The normalized spacial score (nSPS) is 16.0. The van der Waals surface area contributed by atoms with E-state index < -0.39 is 65.6 Å². The molecule has 26 nitrogen and oxygen atoms in total. The first kappa shape index (κ1) is 64.9. The maximum absolute atomic E-state index is 14.6. The number of nitrogens with one attached hydrogen (secondary N) is 2. The first-order valence-corrected chi connectivity index (χ1v) is 29.9. The molecule has 2 amide bonds. The first-order valence-electron chi connectivity index (χ1n) is 28.7. The first-order chi connectivity index (χ1) is 43.5. The molecule has 8 aromatic rings. The second-order valence-electron chi connectivity index (χ2n) is 21.2. The SMILES string of the molecule is COc1ccc(C(OC[C@H]2O[C@@H](n3cnc4c(NC(=O)OCCc5ccc([N+](=O)[O-])cc5)ncnc43)[C@H](NC(=O)OCCc3ccc([N+](=O)[O-])cc3)[C@@H]2OP(OCCc2ccc([N+](=O)[O-])cc2)N(C(C)C)C(C)C)(c2ccccc2)c2ccc(OC)cc2)cc1. The highest BCUT2D eigenvalue weighted by molar-refractivity contribution is 7.44. The summed E-state index contributed by atoms with van der Waals surface area (Å²) >= 11 is 0. The molecule has 90 heavy (non-hydrogen) atoms. The van der Waals surface area contributed by atoms with Gasteiger partial charge in [-0.15, -0.1) is 0 Å².